The highest BCUT2D eigenvalue weighted by atomic mass is 19.3. The smallest absolute Gasteiger partial charge is 0.269 e. The number of halogens is 2. The highest BCUT2D eigenvalue weighted by Crippen LogP contribution is 2.31. The van der Waals surface area contributed by atoms with E-state index in [4.69, 9.17) is 5.73 Å². The molecule has 0 amide bonds. The molecule has 0 aliphatic heterocycles. The molecule has 1 saturated carbocycles. The van der Waals surface area contributed by atoms with Crippen LogP contribution >= 0.6 is 0 Å². The molecule has 0 aromatic heterocycles. The van der Waals surface area contributed by atoms with E-state index in [0.29, 0.717) is 0 Å². The highest BCUT2D eigenvalue weighted by molar-refractivity contribution is 4.90. The zero-order valence-electron chi connectivity index (χ0n) is 10.9. The Morgan fingerprint density at radius 3 is 2.18 bits per heavy atom. The van der Waals surface area contributed by atoms with Crippen molar-refractivity contribution < 1.29 is 13.9 Å². The Labute approximate surface area is 102 Å². The van der Waals surface area contributed by atoms with Crippen LogP contribution in [0, 0.1) is 5.92 Å². The van der Waals surface area contributed by atoms with Gasteiger partial charge in [0.1, 0.15) is 12.3 Å². The first-order valence-corrected chi connectivity index (χ1v) is 6.31. The minimum absolute atomic E-state index is 0.180. The zero-order chi connectivity index (χ0) is 13.2. The predicted molar refractivity (Wildman–Crippen MR) is 63.8 cm³/mol. The Hall–Kier alpha value is -0.260. The van der Waals surface area contributed by atoms with Crippen LogP contribution in [0.15, 0.2) is 0 Å². The van der Waals surface area contributed by atoms with Crippen molar-refractivity contribution in [3.63, 3.8) is 0 Å². The van der Waals surface area contributed by atoms with Crippen LogP contribution < -0.4 is 5.73 Å². The summed E-state index contributed by atoms with van der Waals surface area (Å²) in [4.78, 5) is 1.61. The molecule has 2 atom stereocenters. The van der Waals surface area contributed by atoms with Gasteiger partial charge in [0.2, 0.25) is 0 Å². The molecule has 17 heavy (non-hydrogen) atoms. The van der Waals surface area contributed by atoms with E-state index in [-0.39, 0.29) is 6.04 Å². The van der Waals surface area contributed by atoms with Crippen LogP contribution in [0.5, 0.6) is 0 Å². The Bertz CT molecular complexity index is 243. The molecule has 5 heteroatoms. The molecule has 0 aromatic carbocycles. The van der Waals surface area contributed by atoms with Crippen LogP contribution in [0.2, 0.25) is 0 Å². The Morgan fingerprint density at radius 1 is 1.29 bits per heavy atom. The van der Waals surface area contributed by atoms with Crippen LogP contribution in [-0.2, 0) is 0 Å². The van der Waals surface area contributed by atoms with Gasteiger partial charge in [0.15, 0.2) is 0 Å². The van der Waals surface area contributed by atoms with Crippen molar-refractivity contribution >= 4 is 0 Å². The summed E-state index contributed by atoms with van der Waals surface area (Å²) < 4.78 is 27.5. The van der Waals surface area contributed by atoms with Gasteiger partial charge in [-0.05, 0) is 19.9 Å². The number of aliphatic hydroxyl groups is 1. The third-order valence-corrected chi connectivity index (χ3v) is 3.85. The molecule has 102 valence electrons. The second-order valence-corrected chi connectivity index (χ2v) is 5.37. The van der Waals surface area contributed by atoms with Crippen LogP contribution in [0.1, 0.15) is 39.5 Å². The first-order chi connectivity index (χ1) is 7.78. The predicted octanol–water partition coefficient (Wildman–Crippen LogP) is 1.80. The van der Waals surface area contributed by atoms with E-state index in [1.807, 2.05) is 0 Å². The third-order valence-electron chi connectivity index (χ3n) is 3.85. The van der Waals surface area contributed by atoms with Crippen LogP contribution in [-0.4, -0.2) is 41.3 Å². The third kappa shape index (κ3) is 3.14. The van der Waals surface area contributed by atoms with Crippen LogP contribution in [0.4, 0.5) is 8.78 Å². The first kappa shape index (κ1) is 14.8. The second kappa shape index (κ2) is 5.59. The summed E-state index contributed by atoms with van der Waals surface area (Å²) in [5.41, 5.74) is 5.52. The summed E-state index contributed by atoms with van der Waals surface area (Å²) in [5.74, 6) is -3.92. The van der Waals surface area contributed by atoms with Crippen molar-refractivity contribution in [1.82, 2.24) is 4.90 Å². The fraction of sp³-hybridized carbons (Fsp3) is 1.00. The molecule has 3 nitrogen and oxygen atoms in total. The van der Waals surface area contributed by atoms with Crippen LogP contribution in [0.3, 0.4) is 0 Å². The lowest BCUT2D eigenvalue weighted by molar-refractivity contribution is -0.137. The molecule has 0 bridgehead atoms. The number of rotatable bonds is 5. The summed E-state index contributed by atoms with van der Waals surface area (Å²) in [6.07, 6.45) is 2.81. The number of hydrogen-bond acceptors (Lipinski definition) is 3. The molecule has 3 N–H and O–H groups in total. The van der Waals surface area contributed by atoms with E-state index in [9.17, 15) is 13.9 Å². The normalized spacial score (nSPS) is 22.4. The average Bonchev–Trinajstić information content (AvgIpc) is 2.79. The van der Waals surface area contributed by atoms with E-state index in [0.717, 1.165) is 25.7 Å². The Balaban J connectivity index is 2.64. The molecule has 0 aromatic rings. The molecule has 0 saturated heterocycles. The first-order valence-electron chi connectivity index (χ1n) is 6.31. The van der Waals surface area contributed by atoms with Crippen molar-refractivity contribution in [2.45, 2.75) is 63.8 Å². The molecule has 0 radical (unpaired) electrons. The molecule has 1 unspecified atom stereocenters. The Morgan fingerprint density at radius 2 is 1.76 bits per heavy atom. The van der Waals surface area contributed by atoms with Gasteiger partial charge in [0.05, 0.1) is 0 Å². The van der Waals surface area contributed by atoms with Gasteiger partial charge in [0, 0.05) is 12.0 Å². The van der Waals surface area contributed by atoms with Gasteiger partial charge < -0.3 is 10.8 Å². The number of likely N-dealkylation sites (N-methyl/N-ethyl adjacent to an activating group) is 1. The fourth-order valence-electron chi connectivity index (χ4n) is 2.36. The molecule has 1 aliphatic rings. The largest absolute Gasteiger partial charge is 0.376 e. The van der Waals surface area contributed by atoms with Crippen molar-refractivity contribution in [3.05, 3.63) is 0 Å². The number of nitrogens with zero attached hydrogens (tertiary/aromatic N) is 1. The molecule has 0 heterocycles. The van der Waals surface area contributed by atoms with E-state index < -0.39 is 24.1 Å². The lowest BCUT2D eigenvalue weighted by Gasteiger charge is -2.37. The monoisotopic (exact) mass is 250 g/mol. The topological polar surface area (TPSA) is 49.5 Å². The maximum absolute atomic E-state index is 13.7. The van der Waals surface area contributed by atoms with Gasteiger partial charge in [-0.2, -0.15) is 0 Å². The maximum Gasteiger partial charge on any atom is 0.269 e. The summed E-state index contributed by atoms with van der Waals surface area (Å²) in [6, 6.07) is -1.35. The van der Waals surface area contributed by atoms with Gasteiger partial charge in [-0.3, -0.25) is 4.90 Å². The molecule has 1 rings (SSSR count). The Kier molecular flexibility index (Phi) is 4.86. The second-order valence-electron chi connectivity index (χ2n) is 5.37. The summed E-state index contributed by atoms with van der Waals surface area (Å²) in [7, 11) is 1.68. The summed E-state index contributed by atoms with van der Waals surface area (Å²) in [5, 5.41) is 9.95. The van der Waals surface area contributed by atoms with E-state index in [2.05, 4.69) is 0 Å². The summed E-state index contributed by atoms with van der Waals surface area (Å²) >= 11 is 0. The van der Waals surface area contributed by atoms with Gasteiger partial charge in [-0.15, -0.1) is 0 Å². The quantitative estimate of drug-likeness (QED) is 0.731. The minimum atomic E-state index is -3.05. The number of nitrogens with two attached hydrogens (primary N) is 1. The SMILES string of the molecule is CC(C)C(F)(F)[C@H](N)C(O)N(C)C1CCCC1. The van der Waals surface area contributed by atoms with E-state index >= 15 is 0 Å². The molecular formula is C12H24F2N2O. The maximum atomic E-state index is 13.7. The zero-order valence-corrected chi connectivity index (χ0v) is 10.9. The lowest BCUT2D eigenvalue weighted by Crippen LogP contribution is -2.58. The molecule has 1 fully saturated rings. The fourth-order valence-corrected chi connectivity index (χ4v) is 2.36. The van der Waals surface area contributed by atoms with Gasteiger partial charge in [0.25, 0.3) is 5.92 Å². The van der Waals surface area contributed by atoms with Gasteiger partial charge in [-0.25, -0.2) is 8.78 Å². The molecule has 0 spiro atoms. The van der Waals surface area contributed by atoms with E-state index in [1.165, 1.54) is 13.8 Å². The number of hydrogen-bond donors (Lipinski definition) is 2. The van der Waals surface area contributed by atoms with Crippen molar-refractivity contribution in [3.8, 4) is 0 Å². The number of aliphatic hydroxyl groups excluding tert-OH is 1. The standard InChI is InChI=1S/C12H24F2N2O/c1-8(2)12(13,14)10(15)11(17)16(3)9-6-4-5-7-9/h8-11,17H,4-7,15H2,1-3H3/t10-,11?/m1/s1. The molecular weight excluding hydrogens is 226 g/mol. The highest BCUT2D eigenvalue weighted by Gasteiger charge is 2.46. The van der Waals surface area contributed by atoms with Gasteiger partial charge >= 0.3 is 0 Å². The van der Waals surface area contributed by atoms with Crippen molar-refractivity contribution in [2.75, 3.05) is 7.05 Å². The van der Waals surface area contributed by atoms with Crippen LogP contribution in [0.25, 0.3) is 0 Å². The van der Waals surface area contributed by atoms with Crippen molar-refractivity contribution in [1.29, 1.82) is 0 Å². The summed E-state index contributed by atoms with van der Waals surface area (Å²) in [6.45, 7) is 2.84. The van der Waals surface area contributed by atoms with Gasteiger partial charge in [-0.1, -0.05) is 26.7 Å². The minimum Gasteiger partial charge on any atom is -0.376 e. The molecule has 1 aliphatic carbocycles. The van der Waals surface area contributed by atoms with Crippen molar-refractivity contribution in [2.24, 2.45) is 11.7 Å². The lowest BCUT2D eigenvalue weighted by atomic mass is 9.96. The number of alkyl halides is 2. The van der Waals surface area contributed by atoms with E-state index in [1.54, 1.807) is 11.9 Å². The average molecular weight is 250 g/mol.